The highest BCUT2D eigenvalue weighted by Gasteiger charge is 2.39. The van der Waals surface area contributed by atoms with Gasteiger partial charge >= 0.3 is 6.09 Å². The lowest BCUT2D eigenvalue weighted by atomic mass is 9.99. The summed E-state index contributed by atoms with van der Waals surface area (Å²) < 4.78 is 5.59. The number of nitriles is 1. The van der Waals surface area contributed by atoms with Gasteiger partial charge in [-0.25, -0.2) is 14.8 Å². The largest absolute Gasteiger partial charge is 0.444 e. The molecule has 0 spiro atoms. The summed E-state index contributed by atoms with van der Waals surface area (Å²) in [6.07, 6.45) is 2.03. The Morgan fingerprint density at radius 3 is 2.72 bits per heavy atom. The van der Waals surface area contributed by atoms with E-state index in [-0.39, 0.29) is 17.7 Å². The third kappa shape index (κ3) is 4.59. The fraction of sp³-hybridized carbons (Fsp3) is 0.667. The van der Waals surface area contributed by atoms with Crippen LogP contribution in [0.5, 0.6) is 0 Å². The summed E-state index contributed by atoms with van der Waals surface area (Å²) in [5.41, 5.74) is -0.546. The molecule has 7 nitrogen and oxygen atoms in total. The summed E-state index contributed by atoms with van der Waals surface area (Å²) in [4.78, 5) is 25.1. The van der Waals surface area contributed by atoms with Gasteiger partial charge in [0.2, 0.25) is 5.95 Å². The molecule has 1 amide bonds. The standard InChI is InChI=1S/C18H27N5O2/c1-13-12-23(16(24)25-17(2,3)4)18(5,6)8-10-22(13)15-20-9-7-14(11-19)21-15/h7,9,13H,8,10,12H2,1-6H3/t13-/m0/s1. The van der Waals surface area contributed by atoms with Crippen LogP contribution < -0.4 is 4.90 Å². The Morgan fingerprint density at radius 2 is 2.12 bits per heavy atom. The summed E-state index contributed by atoms with van der Waals surface area (Å²) in [5.74, 6) is 0.522. The lowest BCUT2D eigenvalue weighted by Gasteiger charge is -2.38. The van der Waals surface area contributed by atoms with E-state index in [4.69, 9.17) is 10.00 Å². The molecular formula is C18H27N5O2. The molecule has 136 valence electrons. The van der Waals surface area contributed by atoms with Crippen LogP contribution in [0.2, 0.25) is 0 Å². The molecule has 0 aliphatic carbocycles. The molecule has 0 aromatic carbocycles. The van der Waals surface area contributed by atoms with Crippen molar-refractivity contribution in [2.75, 3.05) is 18.0 Å². The van der Waals surface area contributed by atoms with Crippen molar-refractivity contribution in [3.05, 3.63) is 18.0 Å². The maximum Gasteiger partial charge on any atom is 0.410 e. The van der Waals surface area contributed by atoms with Crippen molar-refractivity contribution in [1.82, 2.24) is 14.9 Å². The van der Waals surface area contributed by atoms with Gasteiger partial charge in [0.15, 0.2) is 0 Å². The Labute approximate surface area is 149 Å². The first-order valence-electron chi connectivity index (χ1n) is 8.54. The van der Waals surface area contributed by atoms with Crippen LogP contribution >= 0.6 is 0 Å². The number of amides is 1. The smallest absolute Gasteiger partial charge is 0.410 e. The summed E-state index contributed by atoms with van der Waals surface area (Å²) in [6.45, 7) is 12.9. The van der Waals surface area contributed by atoms with Crippen molar-refractivity contribution in [3.63, 3.8) is 0 Å². The van der Waals surface area contributed by atoms with Gasteiger partial charge in [-0.05, 0) is 54.0 Å². The zero-order valence-corrected chi connectivity index (χ0v) is 15.9. The van der Waals surface area contributed by atoms with E-state index in [1.807, 2.05) is 52.5 Å². The third-order valence-electron chi connectivity index (χ3n) is 4.30. The molecule has 0 unspecified atom stereocenters. The van der Waals surface area contributed by atoms with E-state index in [0.717, 1.165) is 6.42 Å². The van der Waals surface area contributed by atoms with Gasteiger partial charge in [-0.2, -0.15) is 5.26 Å². The highest BCUT2D eigenvalue weighted by molar-refractivity contribution is 5.69. The average Bonchev–Trinajstić information content (AvgIpc) is 2.62. The van der Waals surface area contributed by atoms with E-state index in [2.05, 4.69) is 9.97 Å². The molecular weight excluding hydrogens is 318 g/mol. The minimum absolute atomic E-state index is 0.00300. The monoisotopic (exact) mass is 345 g/mol. The predicted octanol–water partition coefficient (Wildman–Crippen LogP) is 2.96. The average molecular weight is 345 g/mol. The van der Waals surface area contributed by atoms with Gasteiger partial charge in [-0.3, -0.25) is 0 Å². The first-order chi connectivity index (χ1) is 11.5. The van der Waals surface area contributed by atoms with Crippen LogP contribution in [-0.4, -0.2) is 51.2 Å². The van der Waals surface area contributed by atoms with E-state index in [9.17, 15) is 4.79 Å². The second-order valence-electron chi connectivity index (χ2n) is 8.05. The molecule has 1 fully saturated rings. The normalized spacial score (nSPS) is 20.6. The molecule has 1 aliphatic heterocycles. The fourth-order valence-corrected chi connectivity index (χ4v) is 2.84. The van der Waals surface area contributed by atoms with Gasteiger partial charge in [0.05, 0.1) is 0 Å². The summed E-state index contributed by atoms with van der Waals surface area (Å²) >= 11 is 0. The second kappa shape index (κ2) is 6.87. The van der Waals surface area contributed by atoms with Gasteiger partial charge in [0.1, 0.15) is 17.4 Å². The number of carbonyl (C=O) groups is 1. The number of hydrogen-bond donors (Lipinski definition) is 0. The molecule has 0 radical (unpaired) electrons. The van der Waals surface area contributed by atoms with Crippen molar-refractivity contribution >= 4 is 12.0 Å². The first-order valence-corrected chi connectivity index (χ1v) is 8.54. The Kier molecular flexibility index (Phi) is 5.21. The van der Waals surface area contributed by atoms with Crippen LogP contribution in [0.3, 0.4) is 0 Å². The van der Waals surface area contributed by atoms with Crippen LogP contribution in [0.15, 0.2) is 12.3 Å². The topological polar surface area (TPSA) is 82.4 Å². The molecule has 1 atom stereocenters. The molecule has 2 heterocycles. The van der Waals surface area contributed by atoms with Crippen LogP contribution in [-0.2, 0) is 4.74 Å². The molecule has 1 saturated heterocycles. The van der Waals surface area contributed by atoms with Crippen molar-refractivity contribution in [3.8, 4) is 6.07 Å². The van der Waals surface area contributed by atoms with E-state index in [1.165, 1.54) is 0 Å². The molecule has 0 bridgehead atoms. The minimum Gasteiger partial charge on any atom is -0.444 e. The number of hydrogen-bond acceptors (Lipinski definition) is 6. The Hall–Kier alpha value is -2.36. The molecule has 1 aromatic heterocycles. The van der Waals surface area contributed by atoms with Crippen molar-refractivity contribution in [2.24, 2.45) is 0 Å². The summed E-state index contributed by atoms with van der Waals surface area (Å²) in [5, 5.41) is 9.06. The van der Waals surface area contributed by atoms with Crippen LogP contribution in [0.4, 0.5) is 10.7 Å². The molecule has 0 saturated carbocycles. The number of ether oxygens (including phenoxy) is 1. The lowest BCUT2D eigenvalue weighted by molar-refractivity contribution is 0.00353. The highest BCUT2D eigenvalue weighted by Crippen LogP contribution is 2.28. The predicted molar refractivity (Wildman–Crippen MR) is 95.2 cm³/mol. The van der Waals surface area contributed by atoms with E-state index < -0.39 is 5.60 Å². The van der Waals surface area contributed by atoms with Crippen LogP contribution in [0.25, 0.3) is 0 Å². The SMILES string of the molecule is C[C@H]1CN(C(=O)OC(C)(C)C)C(C)(C)CCN1c1nccc(C#N)n1. The zero-order chi connectivity index (χ0) is 18.8. The maximum atomic E-state index is 12.7. The van der Waals surface area contributed by atoms with Gasteiger partial charge in [-0.1, -0.05) is 0 Å². The van der Waals surface area contributed by atoms with E-state index in [0.29, 0.717) is 24.7 Å². The number of rotatable bonds is 1. The Morgan fingerprint density at radius 1 is 1.44 bits per heavy atom. The summed E-state index contributed by atoms with van der Waals surface area (Å²) in [6, 6.07) is 3.63. The zero-order valence-electron chi connectivity index (χ0n) is 15.9. The van der Waals surface area contributed by atoms with Crippen molar-refractivity contribution in [2.45, 2.75) is 65.1 Å². The molecule has 2 rings (SSSR count). The number of anilines is 1. The van der Waals surface area contributed by atoms with Gasteiger partial charge < -0.3 is 14.5 Å². The molecule has 25 heavy (non-hydrogen) atoms. The van der Waals surface area contributed by atoms with Crippen LogP contribution in [0.1, 0.15) is 53.7 Å². The molecule has 1 aliphatic rings. The minimum atomic E-state index is -0.535. The van der Waals surface area contributed by atoms with Crippen molar-refractivity contribution < 1.29 is 9.53 Å². The van der Waals surface area contributed by atoms with E-state index >= 15 is 0 Å². The first kappa shape index (κ1) is 19.0. The number of carbonyl (C=O) groups excluding carboxylic acids is 1. The number of aromatic nitrogens is 2. The Balaban J connectivity index is 2.26. The molecule has 0 N–H and O–H groups in total. The molecule has 7 heteroatoms. The lowest BCUT2D eigenvalue weighted by Crippen LogP contribution is -2.51. The molecule has 1 aromatic rings. The number of nitrogens with zero attached hydrogens (tertiary/aromatic N) is 5. The van der Waals surface area contributed by atoms with Crippen LogP contribution in [0, 0.1) is 11.3 Å². The van der Waals surface area contributed by atoms with Crippen molar-refractivity contribution in [1.29, 1.82) is 5.26 Å². The second-order valence-corrected chi connectivity index (χ2v) is 8.05. The quantitative estimate of drug-likeness (QED) is 0.778. The summed E-state index contributed by atoms with van der Waals surface area (Å²) in [7, 11) is 0. The Bertz CT molecular complexity index is 675. The van der Waals surface area contributed by atoms with E-state index in [1.54, 1.807) is 17.2 Å². The highest BCUT2D eigenvalue weighted by atomic mass is 16.6. The fourth-order valence-electron chi connectivity index (χ4n) is 2.84. The van der Waals surface area contributed by atoms with Gasteiger partial charge in [0.25, 0.3) is 0 Å². The maximum absolute atomic E-state index is 12.7. The third-order valence-corrected chi connectivity index (χ3v) is 4.30. The van der Waals surface area contributed by atoms with Gasteiger partial charge in [0, 0.05) is 30.9 Å². The van der Waals surface area contributed by atoms with Gasteiger partial charge in [-0.15, -0.1) is 0 Å².